The molecule has 3 amide bonds. The number of fused-ring (bicyclic) bond motifs is 1. The fraction of sp³-hybridized carbons (Fsp3) is 0.348. The lowest BCUT2D eigenvalue weighted by Crippen LogP contribution is -2.35. The van der Waals surface area contributed by atoms with Crippen molar-refractivity contribution in [2.24, 2.45) is 0 Å². The van der Waals surface area contributed by atoms with Gasteiger partial charge in [-0.25, -0.2) is 0 Å². The van der Waals surface area contributed by atoms with Gasteiger partial charge in [-0.3, -0.25) is 19.3 Å². The molecule has 0 aliphatic carbocycles. The monoisotopic (exact) mass is 427 g/mol. The molecule has 0 aromatic heterocycles. The summed E-state index contributed by atoms with van der Waals surface area (Å²) in [7, 11) is 3.87. The Morgan fingerprint density at radius 1 is 1.10 bits per heavy atom. The normalized spacial score (nSPS) is 14.2. The van der Waals surface area contributed by atoms with Crippen LogP contribution in [0.1, 0.15) is 50.7 Å². The lowest BCUT2D eigenvalue weighted by molar-refractivity contribution is -0.121. The van der Waals surface area contributed by atoms with Crippen LogP contribution in [0.25, 0.3) is 0 Å². The van der Waals surface area contributed by atoms with Crippen LogP contribution in [0.4, 0.5) is 0 Å². The molecular formula is C23H26ClN3O3. The Balaban J connectivity index is 1.51. The van der Waals surface area contributed by atoms with E-state index in [0.29, 0.717) is 29.1 Å². The first-order chi connectivity index (χ1) is 14.3. The van der Waals surface area contributed by atoms with E-state index in [4.69, 9.17) is 11.6 Å². The lowest BCUT2D eigenvalue weighted by Gasteiger charge is -2.26. The minimum absolute atomic E-state index is 0.0536. The zero-order valence-electron chi connectivity index (χ0n) is 17.4. The van der Waals surface area contributed by atoms with Crippen LogP contribution in [-0.2, 0) is 4.79 Å². The number of nitrogens with one attached hydrogen (secondary N) is 1. The number of amides is 3. The maximum absolute atomic E-state index is 12.5. The topological polar surface area (TPSA) is 69.7 Å². The zero-order chi connectivity index (χ0) is 21.8. The molecule has 3 rings (SSSR count). The molecule has 0 radical (unpaired) electrons. The predicted octanol–water partition coefficient (Wildman–Crippen LogP) is 3.44. The summed E-state index contributed by atoms with van der Waals surface area (Å²) < 4.78 is 0. The van der Waals surface area contributed by atoms with Crippen LogP contribution in [0.5, 0.6) is 0 Å². The highest BCUT2D eigenvalue weighted by Crippen LogP contribution is 2.26. The Labute approximate surface area is 181 Å². The summed E-state index contributed by atoms with van der Waals surface area (Å²) in [6.07, 6.45) is 0.643. The highest BCUT2D eigenvalue weighted by Gasteiger charge is 2.35. The first kappa shape index (κ1) is 22.0. The molecule has 1 unspecified atom stereocenters. The Kier molecular flexibility index (Phi) is 6.90. The number of hydrogen-bond acceptors (Lipinski definition) is 4. The third-order valence-corrected chi connectivity index (χ3v) is 5.64. The van der Waals surface area contributed by atoms with Gasteiger partial charge in [0.1, 0.15) is 0 Å². The molecule has 1 N–H and O–H groups in total. The molecule has 0 saturated carbocycles. The first-order valence-corrected chi connectivity index (χ1v) is 10.3. The molecule has 1 heterocycles. The van der Waals surface area contributed by atoms with Gasteiger partial charge in [0.05, 0.1) is 17.2 Å². The number of imide groups is 1. The Hall–Kier alpha value is -2.70. The van der Waals surface area contributed by atoms with E-state index in [1.807, 2.05) is 56.3 Å². The maximum atomic E-state index is 12.5. The third kappa shape index (κ3) is 4.71. The van der Waals surface area contributed by atoms with Gasteiger partial charge in [0.2, 0.25) is 5.91 Å². The van der Waals surface area contributed by atoms with Gasteiger partial charge in [-0.05, 0) is 51.2 Å². The second kappa shape index (κ2) is 9.41. The molecule has 2 aromatic carbocycles. The second-order valence-electron chi connectivity index (χ2n) is 7.72. The lowest BCUT2D eigenvalue weighted by atomic mass is 10.1. The van der Waals surface area contributed by atoms with Crippen molar-refractivity contribution in [2.45, 2.75) is 25.8 Å². The van der Waals surface area contributed by atoms with E-state index in [9.17, 15) is 14.4 Å². The zero-order valence-corrected chi connectivity index (χ0v) is 18.2. The van der Waals surface area contributed by atoms with E-state index in [1.165, 1.54) is 4.90 Å². The van der Waals surface area contributed by atoms with Gasteiger partial charge < -0.3 is 10.2 Å². The number of benzene rings is 2. The summed E-state index contributed by atoms with van der Waals surface area (Å²) in [6.45, 7) is 2.52. The van der Waals surface area contributed by atoms with Crippen molar-refractivity contribution in [1.29, 1.82) is 0 Å². The van der Waals surface area contributed by atoms with Crippen LogP contribution in [0.2, 0.25) is 5.02 Å². The summed E-state index contributed by atoms with van der Waals surface area (Å²) in [5.74, 6) is -0.700. The number of carbonyl (C=O) groups is 3. The number of likely N-dealkylation sites (N-methyl/N-ethyl adjacent to an activating group) is 1. The molecule has 0 bridgehead atoms. The van der Waals surface area contributed by atoms with Crippen molar-refractivity contribution in [2.75, 3.05) is 27.2 Å². The molecule has 30 heavy (non-hydrogen) atoms. The van der Waals surface area contributed by atoms with Gasteiger partial charge in [-0.15, -0.1) is 0 Å². The van der Waals surface area contributed by atoms with Crippen molar-refractivity contribution in [3.8, 4) is 0 Å². The highest BCUT2D eigenvalue weighted by atomic mass is 35.5. The molecule has 158 valence electrons. The van der Waals surface area contributed by atoms with Gasteiger partial charge >= 0.3 is 0 Å². The van der Waals surface area contributed by atoms with Crippen molar-refractivity contribution >= 4 is 29.3 Å². The SMILES string of the molecule is Cc1ccc2c(c1)C(=O)N(CCCC(=O)NCC(c1ccccc1Cl)N(C)C)C2=O. The number of nitrogens with zero attached hydrogens (tertiary/aromatic N) is 2. The minimum atomic E-state index is -0.290. The fourth-order valence-corrected chi connectivity index (χ4v) is 3.88. The van der Waals surface area contributed by atoms with E-state index in [0.717, 1.165) is 11.1 Å². The number of carbonyl (C=O) groups excluding carboxylic acids is 3. The second-order valence-corrected chi connectivity index (χ2v) is 8.13. The molecule has 1 aliphatic heterocycles. The summed E-state index contributed by atoms with van der Waals surface area (Å²) in [6, 6.07) is 12.8. The maximum Gasteiger partial charge on any atom is 0.261 e. The molecular weight excluding hydrogens is 402 g/mol. The standard InChI is InChI=1S/C23H26ClN3O3/c1-15-10-11-16-18(13-15)23(30)27(22(16)29)12-6-9-21(28)25-14-20(26(2)3)17-7-4-5-8-19(17)24/h4-5,7-8,10-11,13,20H,6,9,12,14H2,1-3H3,(H,25,28). The summed E-state index contributed by atoms with van der Waals surface area (Å²) in [4.78, 5) is 40.5. The summed E-state index contributed by atoms with van der Waals surface area (Å²) in [5.41, 5.74) is 2.76. The van der Waals surface area contributed by atoms with E-state index in [1.54, 1.807) is 12.1 Å². The summed E-state index contributed by atoms with van der Waals surface area (Å²) >= 11 is 6.30. The van der Waals surface area contributed by atoms with Crippen LogP contribution in [0.3, 0.4) is 0 Å². The largest absolute Gasteiger partial charge is 0.354 e. The quantitative estimate of drug-likeness (QED) is 0.655. The average molecular weight is 428 g/mol. The van der Waals surface area contributed by atoms with E-state index in [2.05, 4.69) is 5.32 Å². The first-order valence-electron chi connectivity index (χ1n) is 9.94. The van der Waals surface area contributed by atoms with Crippen LogP contribution in [0.15, 0.2) is 42.5 Å². The number of rotatable bonds is 8. The van der Waals surface area contributed by atoms with Gasteiger partial charge in [0, 0.05) is 24.5 Å². The Bertz CT molecular complexity index is 974. The molecule has 2 aromatic rings. The van der Waals surface area contributed by atoms with E-state index < -0.39 is 0 Å². The van der Waals surface area contributed by atoms with Gasteiger partial charge in [-0.2, -0.15) is 0 Å². The van der Waals surface area contributed by atoms with Crippen LogP contribution >= 0.6 is 11.6 Å². The van der Waals surface area contributed by atoms with Crippen molar-refractivity contribution < 1.29 is 14.4 Å². The number of hydrogen-bond donors (Lipinski definition) is 1. The molecule has 7 heteroatoms. The molecule has 0 fully saturated rings. The molecule has 1 aliphatic rings. The van der Waals surface area contributed by atoms with Gasteiger partial charge in [-0.1, -0.05) is 41.4 Å². The van der Waals surface area contributed by atoms with Crippen molar-refractivity contribution in [3.63, 3.8) is 0 Å². The van der Waals surface area contributed by atoms with E-state index in [-0.39, 0.29) is 36.7 Å². The smallest absolute Gasteiger partial charge is 0.261 e. The average Bonchev–Trinajstić information content (AvgIpc) is 2.93. The highest BCUT2D eigenvalue weighted by molar-refractivity contribution is 6.31. The molecule has 0 spiro atoms. The predicted molar refractivity (Wildman–Crippen MR) is 117 cm³/mol. The summed E-state index contributed by atoms with van der Waals surface area (Å²) in [5, 5.41) is 3.59. The van der Waals surface area contributed by atoms with Crippen LogP contribution < -0.4 is 5.32 Å². The van der Waals surface area contributed by atoms with Crippen molar-refractivity contribution in [3.05, 3.63) is 69.7 Å². The Morgan fingerprint density at radius 2 is 1.80 bits per heavy atom. The molecule has 6 nitrogen and oxygen atoms in total. The third-order valence-electron chi connectivity index (χ3n) is 5.29. The van der Waals surface area contributed by atoms with Crippen molar-refractivity contribution in [1.82, 2.24) is 15.1 Å². The van der Waals surface area contributed by atoms with Gasteiger partial charge in [0.15, 0.2) is 0 Å². The van der Waals surface area contributed by atoms with Gasteiger partial charge in [0.25, 0.3) is 11.8 Å². The van der Waals surface area contributed by atoms with Crippen LogP contribution in [0, 0.1) is 6.92 Å². The number of halogens is 1. The van der Waals surface area contributed by atoms with E-state index >= 15 is 0 Å². The molecule has 1 atom stereocenters. The minimum Gasteiger partial charge on any atom is -0.354 e. The Morgan fingerprint density at radius 3 is 2.50 bits per heavy atom. The fourth-order valence-electron chi connectivity index (χ4n) is 3.62. The number of aryl methyl sites for hydroxylation is 1. The van der Waals surface area contributed by atoms with Crippen LogP contribution in [-0.4, -0.2) is 54.7 Å². The molecule has 0 saturated heterocycles.